The molecular weight excluding hydrogens is 219 g/mol. The van der Waals surface area contributed by atoms with Crippen LogP contribution in [0.5, 0.6) is 0 Å². The minimum Gasteiger partial charge on any atom is -0.398 e. The van der Waals surface area contributed by atoms with Crippen molar-refractivity contribution in [3.63, 3.8) is 0 Å². The van der Waals surface area contributed by atoms with Crippen molar-refractivity contribution >= 4 is 5.69 Å². The first kappa shape index (κ1) is 12.4. The van der Waals surface area contributed by atoms with Crippen molar-refractivity contribution in [1.82, 2.24) is 5.43 Å². The summed E-state index contributed by atoms with van der Waals surface area (Å²) in [5, 5.41) is 0. The van der Waals surface area contributed by atoms with E-state index in [1.165, 1.54) is 0 Å². The van der Waals surface area contributed by atoms with E-state index >= 15 is 0 Å². The maximum absolute atomic E-state index is 12.4. The molecule has 0 aliphatic carbocycles. The summed E-state index contributed by atoms with van der Waals surface area (Å²) < 4.78 is 37.3. The number of nitrogen functional groups attached to an aromatic ring is 1. The summed E-state index contributed by atoms with van der Waals surface area (Å²) in [4.78, 5) is 0. The number of hydrogen-bond donors (Lipinski definition) is 3. The zero-order valence-corrected chi connectivity index (χ0v) is 8.18. The lowest BCUT2D eigenvalue weighted by Crippen LogP contribution is -2.27. The van der Waals surface area contributed by atoms with E-state index < -0.39 is 17.8 Å². The Bertz CT molecular complexity index is 420. The maximum Gasteiger partial charge on any atom is 0.416 e. The third-order valence-corrected chi connectivity index (χ3v) is 2.06. The normalized spacial score (nSPS) is 13.2. The molecule has 0 aliphatic heterocycles. The first-order valence-electron chi connectivity index (χ1n) is 4.29. The Morgan fingerprint density at radius 2 is 2.00 bits per heavy atom. The van der Waals surface area contributed by atoms with Gasteiger partial charge in [0, 0.05) is 11.3 Å². The Labute approximate surface area is 90.6 Å². The van der Waals surface area contributed by atoms with Gasteiger partial charge in [0.2, 0.25) is 0 Å². The number of benzene rings is 1. The van der Waals surface area contributed by atoms with Crippen molar-refractivity contribution in [3.8, 4) is 12.3 Å². The van der Waals surface area contributed by atoms with Gasteiger partial charge in [0.25, 0.3) is 0 Å². The van der Waals surface area contributed by atoms with Crippen LogP contribution in [-0.4, -0.2) is 0 Å². The van der Waals surface area contributed by atoms with E-state index in [1.807, 2.05) is 0 Å². The van der Waals surface area contributed by atoms with Gasteiger partial charge in [-0.15, -0.1) is 6.42 Å². The average molecular weight is 229 g/mol. The molecule has 1 atom stereocenters. The van der Waals surface area contributed by atoms with E-state index in [1.54, 1.807) is 0 Å². The maximum atomic E-state index is 12.4. The van der Waals surface area contributed by atoms with Gasteiger partial charge in [-0.05, 0) is 18.2 Å². The van der Waals surface area contributed by atoms with Gasteiger partial charge in [0.05, 0.1) is 5.56 Å². The van der Waals surface area contributed by atoms with Gasteiger partial charge in [-0.3, -0.25) is 5.84 Å². The molecule has 0 saturated carbocycles. The van der Waals surface area contributed by atoms with Crippen LogP contribution in [0.2, 0.25) is 0 Å². The van der Waals surface area contributed by atoms with E-state index in [-0.39, 0.29) is 11.3 Å². The molecule has 0 heterocycles. The van der Waals surface area contributed by atoms with E-state index in [0.717, 1.165) is 18.2 Å². The zero-order chi connectivity index (χ0) is 12.3. The second-order valence-electron chi connectivity index (χ2n) is 3.11. The van der Waals surface area contributed by atoms with E-state index in [4.69, 9.17) is 18.0 Å². The van der Waals surface area contributed by atoms with E-state index in [2.05, 4.69) is 11.3 Å². The summed E-state index contributed by atoms with van der Waals surface area (Å²) in [5.74, 6) is 7.32. The molecule has 0 fully saturated rings. The van der Waals surface area contributed by atoms with Crippen LogP contribution in [0.25, 0.3) is 0 Å². The van der Waals surface area contributed by atoms with Gasteiger partial charge in [-0.1, -0.05) is 5.92 Å². The highest BCUT2D eigenvalue weighted by atomic mass is 19.4. The number of nitrogens with one attached hydrogen (secondary N) is 1. The molecule has 6 heteroatoms. The number of hydrazine groups is 1. The summed E-state index contributed by atoms with van der Waals surface area (Å²) in [7, 11) is 0. The first-order chi connectivity index (χ1) is 7.40. The minimum absolute atomic E-state index is 0.139. The van der Waals surface area contributed by atoms with Gasteiger partial charge in [-0.25, -0.2) is 5.43 Å². The third-order valence-electron chi connectivity index (χ3n) is 2.06. The first-order valence-corrected chi connectivity index (χ1v) is 4.29. The second kappa shape index (κ2) is 4.43. The van der Waals surface area contributed by atoms with Crippen molar-refractivity contribution in [1.29, 1.82) is 0 Å². The standard InChI is InChI=1S/C10H10F3N3/c1-2-9(16-15)7-5-6(10(11,12)13)3-4-8(7)14/h1,3-5,9,16H,14-15H2. The highest BCUT2D eigenvalue weighted by Gasteiger charge is 2.31. The van der Waals surface area contributed by atoms with Crippen molar-refractivity contribution < 1.29 is 13.2 Å². The SMILES string of the molecule is C#CC(NN)c1cc(C(F)(F)F)ccc1N. The molecule has 0 amide bonds. The van der Waals surface area contributed by atoms with Crippen LogP contribution >= 0.6 is 0 Å². The number of anilines is 1. The van der Waals surface area contributed by atoms with E-state index in [0.29, 0.717) is 0 Å². The lowest BCUT2D eigenvalue weighted by Gasteiger charge is -2.15. The quantitative estimate of drug-likeness (QED) is 0.311. The Morgan fingerprint density at radius 3 is 2.44 bits per heavy atom. The van der Waals surface area contributed by atoms with Gasteiger partial charge in [-0.2, -0.15) is 13.2 Å². The molecule has 1 unspecified atom stereocenters. The van der Waals surface area contributed by atoms with Crippen LogP contribution in [0.15, 0.2) is 18.2 Å². The smallest absolute Gasteiger partial charge is 0.398 e. The molecule has 0 aliphatic rings. The van der Waals surface area contributed by atoms with Crippen LogP contribution in [0, 0.1) is 12.3 Å². The number of hydrogen-bond acceptors (Lipinski definition) is 3. The molecule has 0 spiro atoms. The number of terminal acetylenes is 1. The number of nitrogens with two attached hydrogens (primary N) is 2. The largest absolute Gasteiger partial charge is 0.416 e. The fourth-order valence-electron chi connectivity index (χ4n) is 1.23. The highest BCUT2D eigenvalue weighted by molar-refractivity contribution is 5.52. The van der Waals surface area contributed by atoms with Gasteiger partial charge in [0.1, 0.15) is 6.04 Å². The van der Waals surface area contributed by atoms with Crippen LogP contribution in [0.1, 0.15) is 17.2 Å². The van der Waals surface area contributed by atoms with Crippen LogP contribution < -0.4 is 17.0 Å². The number of rotatable bonds is 2. The lowest BCUT2D eigenvalue weighted by atomic mass is 10.0. The predicted octanol–water partition coefficient (Wildman–Crippen LogP) is 1.43. The summed E-state index contributed by atoms with van der Waals surface area (Å²) in [6.45, 7) is 0. The molecule has 1 aromatic carbocycles. The fourth-order valence-corrected chi connectivity index (χ4v) is 1.23. The number of alkyl halides is 3. The Balaban J connectivity index is 3.25. The predicted molar refractivity (Wildman–Crippen MR) is 54.8 cm³/mol. The van der Waals surface area contributed by atoms with Gasteiger partial charge >= 0.3 is 6.18 Å². The van der Waals surface area contributed by atoms with Crippen molar-refractivity contribution in [2.24, 2.45) is 5.84 Å². The fraction of sp³-hybridized carbons (Fsp3) is 0.200. The Kier molecular flexibility index (Phi) is 3.42. The van der Waals surface area contributed by atoms with Gasteiger partial charge in [0.15, 0.2) is 0 Å². The van der Waals surface area contributed by atoms with Crippen molar-refractivity contribution in [2.75, 3.05) is 5.73 Å². The molecule has 5 N–H and O–H groups in total. The highest BCUT2D eigenvalue weighted by Crippen LogP contribution is 2.32. The molecular formula is C10H10F3N3. The number of halogens is 3. The second-order valence-corrected chi connectivity index (χ2v) is 3.11. The molecule has 0 saturated heterocycles. The summed E-state index contributed by atoms with van der Waals surface area (Å²) >= 11 is 0. The van der Waals surface area contributed by atoms with E-state index in [9.17, 15) is 13.2 Å². The summed E-state index contributed by atoms with van der Waals surface area (Å²) in [5.41, 5.74) is 7.22. The van der Waals surface area contributed by atoms with Crippen LogP contribution in [0.3, 0.4) is 0 Å². The summed E-state index contributed by atoms with van der Waals surface area (Å²) in [6, 6.07) is 2.09. The van der Waals surface area contributed by atoms with Gasteiger partial charge < -0.3 is 5.73 Å². The topological polar surface area (TPSA) is 64.1 Å². The molecule has 0 aromatic heterocycles. The van der Waals surface area contributed by atoms with Crippen LogP contribution in [0.4, 0.5) is 18.9 Å². The third kappa shape index (κ3) is 2.45. The Hall–Kier alpha value is -1.71. The monoisotopic (exact) mass is 229 g/mol. The van der Waals surface area contributed by atoms with Crippen molar-refractivity contribution in [2.45, 2.75) is 12.2 Å². The zero-order valence-electron chi connectivity index (χ0n) is 8.18. The van der Waals surface area contributed by atoms with Crippen LogP contribution in [-0.2, 0) is 6.18 Å². The minimum atomic E-state index is -4.43. The molecule has 0 bridgehead atoms. The average Bonchev–Trinajstić information content (AvgIpc) is 2.20. The molecule has 1 rings (SSSR count). The summed E-state index contributed by atoms with van der Waals surface area (Å²) in [6.07, 6.45) is 0.680. The molecule has 86 valence electrons. The molecule has 0 radical (unpaired) electrons. The molecule has 3 nitrogen and oxygen atoms in total. The van der Waals surface area contributed by atoms with Crippen molar-refractivity contribution in [3.05, 3.63) is 29.3 Å². The lowest BCUT2D eigenvalue weighted by molar-refractivity contribution is -0.137. The molecule has 16 heavy (non-hydrogen) atoms. The molecule has 1 aromatic rings. The Morgan fingerprint density at radius 1 is 1.38 bits per heavy atom.